The molecular formula is C25H30F3N5OS2. The number of hydrogen-bond acceptors (Lipinski definition) is 4. The van der Waals surface area contributed by atoms with Crippen molar-refractivity contribution in [1.29, 1.82) is 0 Å². The minimum absolute atomic E-state index is 0.000000000000000222. The van der Waals surface area contributed by atoms with Gasteiger partial charge in [0.15, 0.2) is 10.2 Å². The topological polar surface area (TPSA) is 96.4 Å². The SMILES string of the molecule is NC(N)=S.O=C(NC(=S)Nc1cc(C(F)(F)F)ccc1N1CC[C@@H]2CCCC[C@H]2C1)c1ccccc1. The van der Waals surface area contributed by atoms with E-state index < -0.39 is 17.6 Å². The number of alkyl halides is 3. The van der Waals surface area contributed by atoms with Gasteiger partial charge in [-0.1, -0.05) is 37.5 Å². The zero-order valence-corrected chi connectivity index (χ0v) is 21.3. The summed E-state index contributed by atoms with van der Waals surface area (Å²) < 4.78 is 40.2. The first-order valence-electron chi connectivity index (χ1n) is 11.7. The third-order valence-corrected chi connectivity index (χ3v) is 6.67. The van der Waals surface area contributed by atoms with E-state index in [1.165, 1.54) is 25.3 Å². The molecule has 0 bridgehead atoms. The average molecular weight is 538 g/mol. The first kappa shape index (κ1) is 27.7. The van der Waals surface area contributed by atoms with E-state index in [2.05, 4.69) is 39.2 Å². The Labute approximate surface area is 219 Å². The first-order valence-corrected chi connectivity index (χ1v) is 12.5. The molecule has 6 nitrogen and oxygen atoms in total. The van der Waals surface area contributed by atoms with Crippen molar-refractivity contribution in [3.63, 3.8) is 0 Å². The van der Waals surface area contributed by atoms with E-state index in [1.807, 2.05) is 0 Å². The fourth-order valence-electron chi connectivity index (χ4n) is 4.83. The summed E-state index contributed by atoms with van der Waals surface area (Å²) in [6.07, 6.45) is 1.45. The molecule has 0 unspecified atom stereocenters. The van der Waals surface area contributed by atoms with Crippen LogP contribution in [0.25, 0.3) is 0 Å². The number of nitrogens with two attached hydrogens (primary N) is 2. The normalized spacial score (nSPS) is 19.2. The van der Waals surface area contributed by atoms with Crippen LogP contribution in [0.5, 0.6) is 0 Å². The number of carbonyl (C=O) groups is 1. The van der Waals surface area contributed by atoms with Gasteiger partial charge in [-0.15, -0.1) is 0 Å². The molecule has 0 radical (unpaired) electrons. The molecule has 0 aromatic heterocycles. The number of anilines is 2. The van der Waals surface area contributed by atoms with Crippen LogP contribution in [-0.4, -0.2) is 29.2 Å². The number of hydrogen-bond donors (Lipinski definition) is 4. The van der Waals surface area contributed by atoms with Crippen LogP contribution in [0, 0.1) is 11.8 Å². The van der Waals surface area contributed by atoms with E-state index in [-0.39, 0.29) is 15.9 Å². The molecule has 11 heteroatoms. The van der Waals surface area contributed by atoms with Crippen molar-refractivity contribution in [2.75, 3.05) is 23.3 Å². The van der Waals surface area contributed by atoms with Gasteiger partial charge in [0.2, 0.25) is 0 Å². The van der Waals surface area contributed by atoms with Gasteiger partial charge >= 0.3 is 6.18 Å². The Morgan fingerprint density at radius 2 is 1.61 bits per heavy atom. The Balaban J connectivity index is 0.000000840. The number of rotatable bonds is 3. The van der Waals surface area contributed by atoms with Gasteiger partial charge < -0.3 is 21.7 Å². The minimum Gasteiger partial charge on any atom is -0.377 e. The van der Waals surface area contributed by atoms with E-state index >= 15 is 0 Å². The van der Waals surface area contributed by atoms with Crippen LogP contribution >= 0.6 is 24.4 Å². The van der Waals surface area contributed by atoms with Crippen LogP contribution in [0.4, 0.5) is 24.5 Å². The van der Waals surface area contributed by atoms with E-state index in [0.29, 0.717) is 23.1 Å². The smallest absolute Gasteiger partial charge is 0.377 e. The zero-order chi connectivity index (χ0) is 26.3. The summed E-state index contributed by atoms with van der Waals surface area (Å²) in [5, 5.41) is 5.38. The Kier molecular flexibility index (Phi) is 9.49. The number of amides is 1. The Morgan fingerprint density at radius 3 is 2.25 bits per heavy atom. The monoisotopic (exact) mass is 537 g/mol. The molecule has 6 N–H and O–H groups in total. The van der Waals surface area contributed by atoms with Gasteiger partial charge in [-0.2, -0.15) is 13.2 Å². The van der Waals surface area contributed by atoms with Gasteiger partial charge in [0, 0.05) is 18.7 Å². The maximum atomic E-state index is 13.4. The quantitative estimate of drug-likeness (QED) is 0.408. The van der Waals surface area contributed by atoms with Crippen LogP contribution < -0.4 is 27.0 Å². The predicted molar refractivity (Wildman–Crippen MR) is 145 cm³/mol. The predicted octanol–water partition coefficient (Wildman–Crippen LogP) is 5.04. The highest BCUT2D eigenvalue weighted by molar-refractivity contribution is 7.80. The number of benzene rings is 2. The molecule has 2 aromatic rings. The molecule has 1 heterocycles. The second-order valence-electron chi connectivity index (χ2n) is 8.95. The van der Waals surface area contributed by atoms with E-state index in [0.717, 1.165) is 38.1 Å². The van der Waals surface area contributed by atoms with Gasteiger partial charge in [0.25, 0.3) is 5.91 Å². The Hall–Kier alpha value is -2.92. The van der Waals surface area contributed by atoms with Crippen molar-refractivity contribution < 1.29 is 18.0 Å². The molecule has 1 amide bonds. The molecule has 1 aliphatic heterocycles. The number of nitrogens with zero attached hydrogens (tertiary/aromatic N) is 1. The van der Waals surface area contributed by atoms with Crippen LogP contribution in [0.15, 0.2) is 48.5 Å². The summed E-state index contributed by atoms with van der Waals surface area (Å²) in [7, 11) is 0. The largest absolute Gasteiger partial charge is 0.416 e. The maximum absolute atomic E-state index is 13.4. The number of carbonyl (C=O) groups excluding carboxylic acids is 1. The average Bonchev–Trinajstić information content (AvgIpc) is 2.83. The molecule has 1 saturated heterocycles. The molecule has 1 saturated carbocycles. The van der Waals surface area contributed by atoms with Gasteiger partial charge in [-0.25, -0.2) is 0 Å². The highest BCUT2D eigenvalue weighted by Crippen LogP contribution is 2.41. The number of piperidine rings is 1. The van der Waals surface area contributed by atoms with Crippen molar-refractivity contribution in [3.8, 4) is 0 Å². The fourth-order valence-corrected chi connectivity index (χ4v) is 5.03. The standard InChI is InChI=1S/C24H26F3N3OS.CH4N2S/c25-24(26,27)19-10-11-21(30-13-12-16-6-4-5-9-18(16)15-30)20(14-19)28-23(32)29-22(31)17-7-2-1-3-8-17;2-1(3)4/h1-3,7-8,10-11,14,16,18H,4-6,9,12-13,15H2,(H2,28,29,31,32);(H4,2,3,4)/t16-,18-;/m0./s1. The first-order chi connectivity index (χ1) is 17.0. The zero-order valence-electron chi connectivity index (χ0n) is 19.7. The second kappa shape index (κ2) is 12.4. The maximum Gasteiger partial charge on any atom is 0.416 e. The Morgan fingerprint density at radius 1 is 0.972 bits per heavy atom. The highest BCUT2D eigenvalue weighted by atomic mass is 32.1. The third-order valence-electron chi connectivity index (χ3n) is 6.47. The fraction of sp³-hybridized carbons (Fsp3) is 0.400. The molecular weight excluding hydrogens is 507 g/mol. The molecule has 0 spiro atoms. The van der Waals surface area contributed by atoms with E-state index in [1.54, 1.807) is 30.3 Å². The van der Waals surface area contributed by atoms with Gasteiger partial charge in [0.05, 0.1) is 16.9 Å². The summed E-state index contributed by atoms with van der Waals surface area (Å²) in [6, 6.07) is 12.2. The number of nitrogens with one attached hydrogen (secondary N) is 2. The molecule has 2 fully saturated rings. The molecule has 1 aliphatic carbocycles. The highest BCUT2D eigenvalue weighted by Gasteiger charge is 2.34. The molecule has 36 heavy (non-hydrogen) atoms. The lowest BCUT2D eigenvalue weighted by Crippen LogP contribution is -2.42. The molecule has 2 aliphatic rings. The number of fused-ring (bicyclic) bond motifs is 1. The van der Waals surface area contributed by atoms with Crippen molar-refractivity contribution in [3.05, 3.63) is 59.7 Å². The summed E-state index contributed by atoms with van der Waals surface area (Å²) in [4.78, 5) is 14.5. The lowest BCUT2D eigenvalue weighted by Gasteiger charge is -2.43. The number of thiocarbonyl (C=S) groups is 2. The van der Waals surface area contributed by atoms with Crippen molar-refractivity contribution >= 4 is 51.9 Å². The summed E-state index contributed by atoms with van der Waals surface area (Å²) in [6.45, 7) is 1.62. The molecule has 194 valence electrons. The third kappa shape index (κ3) is 7.79. The lowest BCUT2D eigenvalue weighted by atomic mass is 9.75. The van der Waals surface area contributed by atoms with E-state index in [4.69, 9.17) is 12.2 Å². The second-order valence-corrected chi connectivity index (χ2v) is 9.83. The molecule has 2 aromatic carbocycles. The van der Waals surface area contributed by atoms with Crippen LogP contribution in [-0.2, 0) is 6.18 Å². The van der Waals surface area contributed by atoms with Crippen molar-refractivity contribution in [2.24, 2.45) is 23.3 Å². The van der Waals surface area contributed by atoms with Crippen molar-refractivity contribution in [2.45, 2.75) is 38.3 Å². The van der Waals surface area contributed by atoms with Gasteiger partial charge in [-0.05, 0) is 79.4 Å². The van der Waals surface area contributed by atoms with E-state index in [9.17, 15) is 18.0 Å². The minimum atomic E-state index is -4.47. The van der Waals surface area contributed by atoms with Crippen LogP contribution in [0.2, 0.25) is 0 Å². The lowest BCUT2D eigenvalue weighted by molar-refractivity contribution is -0.137. The van der Waals surface area contributed by atoms with Crippen LogP contribution in [0.1, 0.15) is 48.0 Å². The molecule has 2 atom stereocenters. The number of halogens is 3. The summed E-state index contributed by atoms with van der Waals surface area (Å²) in [5.41, 5.74) is 9.84. The molecule has 4 rings (SSSR count). The van der Waals surface area contributed by atoms with Crippen LogP contribution in [0.3, 0.4) is 0 Å². The Bertz CT molecular complexity index is 1080. The summed E-state index contributed by atoms with van der Waals surface area (Å²) >= 11 is 9.35. The van der Waals surface area contributed by atoms with Gasteiger partial charge in [-0.3, -0.25) is 10.1 Å². The summed E-state index contributed by atoms with van der Waals surface area (Å²) in [5.74, 6) is 0.856. The van der Waals surface area contributed by atoms with Gasteiger partial charge in [0.1, 0.15) is 0 Å². The van der Waals surface area contributed by atoms with Crippen molar-refractivity contribution in [1.82, 2.24) is 5.32 Å².